The van der Waals surface area contributed by atoms with Crippen LogP contribution in [0.25, 0.3) is 0 Å². The van der Waals surface area contributed by atoms with Crippen LogP contribution in [0, 0.1) is 13.8 Å². The van der Waals surface area contributed by atoms with Gasteiger partial charge < -0.3 is 10.6 Å². The van der Waals surface area contributed by atoms with E-state index >= 15 is 0 Å². The van der Waals surface area contributed by atoms with E-state index in [1.54, 1.807) is 0 Å². The molecule has 0 saturated heterocycles. The number of nitrogens with zero attached hydrogens (tertiary/aromatic N) is 1. The SMILES string of the molecule is CCNC(=NCc1ccc(C)cc1C)NCCS(N)(=O)=O.I. The van der Waals surface area contributed by atoms with Crippen molar-refractivity contribution in [2.24, 2.45) is 10.1 Å². The van der Waals surface area contributed by atoms with Gasteiger partial charge in [-0.1, -0.05) is 23.8 Å². The number of hydrogen-bond acceptors (Lipinski definition) is 3. The van der Waals surface area contributed by atoms with E-state index < -0.39 is 10.0 Å². The average Bonchev–Trinajstić information content (AvgIpc) is 2.36. The number of hydrogen-bond donors (Lipinski definition) is 3. The number of nitrogens with two attached hydrogens (primary N) is 1. The second kappa shape index (κ2) is 10.0. The molecule has 4 N–H and O–H groups in total. The molecule has 6 nitrogen and oxygen atoms in total. The van der Waals surface area contributed by atoms with E-state index in [2.05, 4.69) is 47.7 Å². The normalized spacial score (nSPS) is 11.7. The zero-order chi connectivity index (χ0) is 15.9. The molecule has 0 aliphatic carbocycles. The number of sulfonamides is 1. The largest absolute Gasteiger partial charge is 0.357 e. The highest BCUT2D eigenvalue weighted by Crippen LogP contribution is 2.11. The zero-order valence-corrected chi connectivity index (χ0v) is 16.4. The van der Waals surface area contributed by atoms with Gasteiger partial charge in [0.1, 0.15) is 0 Å². The molecule has 1 rings (SSSR count). The Bertz CT molecular complexity index is 603. The summed E-state index contributed by atoms with van der Waals surface area (Å²) in [5.74, 6) is 0.460. The van der Waals surface area contributed by atoms with Crippen molar-refractivity contribution >= 4 is 40.0 Å². The molecule has 0 spiro atoms. The van der Waals surface area contributed by atoms with Crippen LogP contribution >= 0.6 is 24.0 Å². The van der Waals surface area contributed by atoms with E-state index in [1.807, 2.05) is 6.92 Å². The van der Waals surface area contributed by atoms with E-state index in [4.69, 9.17) is 5.14 Å². The molecule has 22 heavy (non-hydrogen) atoms. The first kappa shape index (κ1) is 21.1. The van der Waals surface area contributed by atoms with E-state index in [-0.39, 0.29) is 36.3 Å². The number of benzene rings is 1. The number of aliphatic imine (C=N–C) groups is 1. The smallest absolute Gasteiger partial charge is 0.210 e. The molecule has 0 heterocycles. The first-order chi connectivity index (χ1) is 9.81. The number of halogens is 1. The molecule has 0 aromatic heterocycles. The lowest BCUT2D eigenvalue weighted by Gasteiger charge is -2.11. The van der Waals surface area contributed by atoms with Crippen molar-refractivity contribution in [2.75, 3.05) is 18.8 Å². The summed E-state index contributed by atoms with van der Waals surface area (Å²) in [5, 5.41) is 11.0. The summed E-state index contributed by atoms with van der Waals surface area (Å²) in [6.45, 7) is 7.54. The highest BCUT2D eigenvalue weighted by atomic mass is 127. The van der Waals surface area contributed by atoms with Gasteiger partial charge in [0.2, 0.25) is 10.0 Å². The van der Waals surface area contributed by atoms with Crippen molar-refractivity contribution in [1.82, 2.24) is 10.6 Å². The molecule has 0 amide bonds. The predicted octanol–water partition coefficient (Wildman–Crippen LogP) is 1.27. The summed E-state index contributed by atoms with van der Waals surface area (Å²) < 4.78 is 21.8. The Hall–Kier alpha value is -0.870. The number of primary sulfonamides is 1. The van der Waals surface area contributed by atoms with E-state index in [1.165, 1.54) is 11.1 Å². The molecule has 126 valence electrons. The van der Waals surface area contributed by atoms with Gasteiger partial charge in [0.05, 0.1) is 12.3 Å². The molecule has 0 aliphatic rings. The van der Waals surface area contributed by atoms with Crippen molar-refractivity contribution in [2.45, 2.75) is 27.3 Å². The second-order valence-electron chi connectivity index (χ2n) is 4.92. The molecule has 0 bridgehead atoms. The van der Waals surface area contributed by atoms with Crippen LogP contribution in [0.4, 0.5) is 0 Å². The van der Waals surface area contributed by atoms with Crippen LogP contribution in [0.2, 0.25) is 0 Å². The Labute approximate surface area is 150 Å². The van der Waals surface area contributed by atoms with Crippen LogP contribution in [-0.4, -0.2) is 33.2 Å². The topological polar surface area (TPSA) is 96.6 Å². The molecular weight excluding hydrogens is 415 g/mol. The molecule has 1 aromatic carbocycles. The zero-order valence-electron chi connectivity index (χ0n) is 13.2. The van der Waals surface area contributed by atoms with Gasteiger partial charge in [-0.2, -0.15) is 0 Å². The molecule has 0 saturated carbocycles. The lowest BCUT2D eigenvalue weighted by Crippen LogP contribution is -2.40. The van der Waals surface area contributed by atoms with Crippen LogP contribution in [0.5, 0.6) is 0 Å². The van der Waals surface area contributed by atoms with Gasteiger partial charge in [-0.3, -0.25) is 0 Å². The summed E-state index contributed by atoms with van der Waals surface area (Å²) in [5.41, 5.74) is 3.56. The quantitative estimate of drug-likeness (QED) is 0.353. The van der Waals surface area contributed by atoms with Crippen LogP contribution < -0.4 is 15.8 Å². The fourth-order valence-electron chi connectivity index (χ4n) is 1.84. The van der Waals surface area contributed by atoms with Gasteiger partial charge in [-0.25, -0.2) is 18.5 Å². The Kier molecular flexibility index (Phi) is 9.61. The molecule has 0 aliphatic heterocycles. The number of guanidine groups is 1. The van der Waals surface area contributed by atoms with Crippen molar-refractivity contribution in [3.8, 4) is 0 Å². The number of nitrogens with one attached hydrogen (secondary N) is 2. The summed E-state index contributed by atoms with van der Waals surface area (Å²) >= 11 is 0. The molecule has 0 unspecified atom stereocenters. The molecule has 0 radical (unpaired) electrons. The summed E-state index contributed by atoms with van der Waals surface area (Å²) in [7, 11) is -3.46. The molecule has 0 atom stereocenters. The first-order valence-corrected chi connectivity index (χ1v) is 8.62. The van der Waals surface area contributed by atoms with Crippen molar-refractivity contribution in [1.29, 1.82) is 0 Å². The fourth-order valence-corrected chi connectivity index (χ4v) is 2.23. The molecular formula is C14H25IN4O2S. The Balaban J connectivity index is 0.00000441. The molecule has 1 aromatic rings. The Morgan fingerprint density at radius 2 is 1.95 bits per heavy atom. The third-order valence-electron chi connectivity index (χ3n) is 2.93. The van der Waals surface area contributed by atoms with Gasteiger partial charge in [-0.15, -0.1) is 24.0 Å². The summed E-state index contributed by atoms with van der Waals surface area (Å²) in [6, 6.07) is 6.23. The lowest BCUT2D eigenvalue weighted by molar-refractivity contribution is 0.596. The Morgan fingerprint density at radius 3 is 2.50 bits per heavy atom. The second-order valence-corrected chi connectivity index (χ2v) is 6.65. The maximum absolute atomic E-state index is 10.9. The molecule has 0 fully saturated rings. The number of aryl methyl sites for hydroxylation is 2. The standard InChI is InChI=1S/C14H24N4O2S.HI/c1-4-16-14(17-7-8-21(15,19)20)18-10-13-6-5-11(2)9-12(13)3;/h5-6,9H,4,7-8,10H2,1-3H3,(H2,15,19,20)(H2,16,17,18);1H. The van der Waals surface area contributed by atoms with Gasteiger partial charge in [0, 0.05) is 13.1 Å². The fraction of sp³-hybridized carbons (Fsp3) is 0.500. The highest BCUT2D eigenvalue weighted by molar-refractivity contribution is 14.0. The first-order valence-electron chi connectivity index (χ1n) is 6.90. The minimum absolute atomic E-state index is 0. The minimum Gasteiger partial charge on any atom is -0.357 e. The van der Waals surface area contributed by atoms with Crippen molar-refractivity contribution in [3.05, 3.63) is 34.9 Å². The van der Waals surface area contributed by atoms with Crippen molar-refractivity contribution < 1.29 is 8.42 Å². The maximum atomic E-state index is 10.9. The van der Waals surface area contributed by atoms with Gasteiger partial charge in [-0.05, 0) is 31.9 Å². The van der Waals surface area contributed by atoms with E-state index in [0.29, 0.717) is 19.0 Å². The highest BCUT2D eigenvalue weighted by Gasteiger charge is 2.04. The monoisotopic (exact) mass is 440 g/mol. The van der Waals surface area contributed by atoms with Crippen LogP contribution in [0.3, 0.4) is 0 Å². The van der Waals surface area contributed by atoms with E-state index in [0.717, 1.165) is 5.56 Å². The van der Waals surface area contributed by atoms with Crippen LogP contribution in [-0.2, 0) is 16.6 Å². The van der Waals surface area contributed by atoms with Crippen LogP contribution in [0.15, 0.2) is 23.2 Å². The third kappa shape index (κ3) is 8.54. The Morgan fingerprint density at radius 1 is 1.27 bits per heavy atom. The maximum Gasteiger partial charge on any atom is 0.210 e. The summed E-state index contributed by atoms with van der Waals surface area (Å²) in [4.78, 5) is 4.45. The third-order valence-corrected chi connectivity index (χ3v) is 3.70. The average molecular weight is 440 g/mol. The predicted molar refractivity (Wildman–Crippen MR) is 102 cm³/mol. The van der Waals surface area contributed by atoms with E-state index in [9.17, 15) is 8.42 Å². The molecule has 8 heteroatoms. The lowest BCUT2D eigenvalue weighted by atomic mass is 10.1. The van der Waals surface area contributed by atoms with Crippen molar-refractivity contribution in [3.63, 3.8) is 0 Å². The van der Waals surface area contributed by atoms with Gasteiger partial charge in [0.15, 0.2) is 5.96 Å². The van der Waals surface area contributed by atoms with Crippen LogP contribution in [0.1, 0.15) is 23.6 Å². The minimum atomic E-state index is -3.46. The summed E-state index contributed by atoms with van der Waals surface area (Å²) in [6.07, 6.45) is 0. The van der Waals surface area contributed by atoms with Gasteiger partial charge in [0.25, 0.3) is 0 Å². The van der Waals surface area contributed by atoms with Gasteiger partial charge >= 0.3 is 0 Å². The number of rotatable bonds is 6.